The molecule has 0 aliphatic carbocycles. The maximum Gasteiger partial charge on any atom is 0.303 e. The molecule has 1 aromatic rings. The van der Waals surface area contributed by atoms with E-state index in [1.807, 2.05) is 0 Å². The lowest BCUT2D eigenvalue weighted by molar-refractivity contribution is 0.0647. The predicted molar refractivity (Wildman–Crippen MR) is 36.7 cm³/mol. The third-order valence-electron chi connectivity index (χ3n) is 1.01. The van der Waals surface area contributed by atoms with Crippen LogP contribution in [0.3, 0.4) is 0 Å². The highest BCUT2D eigenvalue weighted by atomic mass is 79.9. The summed E-state index contributed by atoms with van der Waals surface area (Å²) in [5.74, 6) is -1.62. The number of furan rings is 1. The number of hydrogen-bond donors (Lipinski definition) is 0. The van der Waals surface area contributed by atoms with E-state index in [0.29, 0.717) is 0 Å². The Labute approximate surface area is 69.3 Å². The minimum absolute atomic E-state index is 0.265. The monoisotopic (exact) mass is 224 g/mol. The van der Waals surface area contributed by atoms with E-state index < -0.39 is 12.2 Å². The van der Waals surface area contributed by atoms with Gasteiger partial charge in [0, 0.05) is 0 Å². The van der Waals surface area contributed by atoms with Crippen LogP contribution in [0.15, 0.2) is 21.2 Å². The normalized spacial score (nSPS) is 10.5. The van der Waals surface area contributed by atoms with Crippen molar-refractivity contribution in [2.45, 2.75) is 6.43 Å². The van der Waals surface area contributed by atoms with E-state index in [1.54, 1.807) is 0 Å². The molecule has 0 N–H and O–H groups in total. The number of Topliss-reactive ketones (excluding diaryl/α,β-unsaturated/α-hetero) is 1. The largest absolute Gasteiger partial charge is 0.446 e. The summed E-state index contributed by atoms with van der Waals surface area (Å²) < 4.78 is 28.3. The summed E-state index contributed by atoms with van der Waals surface area (Å²) in [5.41, 5.74) is 0. The Morgan fingerprint density at radius 3 is 2.55 bits per heavy atom. The number of alkyl halides is 2. The van der Waals surface area contributed by atoms with Gasteiger partial charge in [-0.2, -0.15) is 0 Å². The zero-order valence-corrected chi connectivity index (χ0v) is 6.77. The second-order valence-corrected chi connectivity index (χ2v) is 2.55. The fourth-order valence-corrected chi connectivity index (χ4v) is 0.861. The molecule has 0 atom stereocenters. The average Bonchev–Trinajstić information content (AvgIpc) is 2.34. The van der Waals surface area contributed by atoms with Crippen LogP contribution in [0.4, 0.5) is 8.78 Å². The topological polar surface area (TPSA) is 30.2 Å². The van der Waals surface area contributed by atoms with Gasteiger partial charge >= 0.3 is 6.43 Å². The second kappa shape index (κ2) is 3.13. The van der Waals surface area contributed by atoms with Crippen LogP contribution in [0, 0.1) is 0 Å². The molecule has 0 spiro atoms. The summed E-state index contributed by atoms with van der Waals surface area (Å²) >= 11 is 2.89. The zero-order valence-electron chi connectivity index (χ0n) is 5.18. The van der Waals surface area contributed by atoms with Crippen LogP contribution in [-0.4, -0.2) is 12.2 Å². The summed E-state index contributed by atoms with van der Waals surface area (Å²) in [6.07, 6.45) is -3.01. The first kappa shape index (κ1) is 8.39. The Bertz CT molecular complexity index is 269. The summed E-state index contributed by atoms with van der Waals surface area (Å²) in [5, 5.41) is 0. The molecule has 0 fully saturated rings. The minimum Gasteiger partial charge on any atom is -0.446 e. The fraction of sp³-hybridized carbons (Fsp3) is 0.167. The van der Waals surface area contributed by atoms with Crippen molar-refractivity contribution in [1.82, 2.24) is 0 Å². The number of rotatable bonds is 2. The van der Waals surface area contributed by atoms with E-state index in [2.05, 4.69) is 20.3 Å². The van der Waals surface area contributed by atoms with Crippen molar-refractivity contribution in [2.24, 2.45) is 0 Å². The third kappa shape index (κ3) is 1.86. The molecule has 1 aromatic heterocycles. The molecule has 2 nitrogen and oxygen atoms in total. The molecule has 1 heterocycles. The van der Waals surface area contributed by atoms with E-state index in [1.165, 1.54) is 12.1 Å². The Kier molecular flexibility index (Phi) is 2.38. The van der Waals surface area contributed by atoms with E-state index in [4.69, 9.17) is 0 Å². The molecular weight excluding hydrogens is 222 g/mol. The molecule has 0 aliphatic heterocycles. The first-order valence-corrected chi connectivity index (χ1v) is 3.48. The first-order valence-electron chi connectivity index (χ1n) is 2.69. The van der Waals surface area contributed by atoms with Gasteiger partial charge in [0.05, 0.1) is 0 Å². The third-order valence-corrected chi connectivity index (χ3v) is 1.44. The highest BCUT2D eigenvalue weighted by Crippen LogP contribution is 2.16. The van der Waals surface area contributed by atoms with Crippen molar-refractivity contribution in [3.63, 3.8) is 0 Å². The van der Waals surface area contributed by atoms with E-state index >= 15 is 0 Å². The van der Waals surface area contributed by atoms with Gasteiger partial charge < -0.3 is 4.42 Å². The van der Waals surface area contributed by atoms with Crippen LogP contribution in [0.25, 0.3) is 0 Å². The van der Waals surface area contributed by atoms with Crippen molar-refractivity contribution in [2.75, 3.05) is 0 Å². The molecule has 0 bridgehead atoms. The molecule has 60 valence electrons. The molecule has 0 unspecified atom stereocenters. The van der Waals surface area contributed by atoms with Crippen molar-refractivity contribution >= 4 is 21.7 Å². The minimum atomic E-state index is -3.01. The lowest BCUT2D eigenvalue weighted by Gasteiger charge is -1.91. The molecule has 0 aromatic carbocycles. The summed E-state index contributed by atoms with van der Waals surface area (Å²) in [7, 11) is 0. The molecule has 11 heavy (non-hydrogen) atoms. The standard InChI is InChI=1S/C6H3BrF2O2/c7-4-2-1-3(11-4)5(10)6(8)9/h1-2,6H. The number of halogens is 3. The van der Waals surface area contributed by atoms with Gasteiger partial charge in [0.1, 0.15) is 0 Å². The van der Waals surface area contributed by atoms with Gasteiger partial charge in [-0.15, -0.1) is 0 Å². The summed E-state index contributed by atoms with van der Waals surface area (Å²) in [6.45, 7) is 0. The predicted octanol–water partition coefficient (Wildman–Crippen LogP) is 2.49. The summed E-state index contributed by atoms with van der Waals surface area (Å²) in [6, 6.07) is 2.58. The van der Waals surface area contributed by atoms with E-state index in [0.717, 1.165) is 0 Å². The maximum atomic E-state index is 11.7. The highest BCUT2D eigenvalue weighted by Gasteiger charge is 2.20. The molecule has 0 saturated carbocycles. The number of carbonyl (C=O) groups excluding carboxylic acids is 1. The Morgan fingerprint density at radius 2 is 2.18 bits per heavy atom. The molecule has 0 radical (unpaired) electrons. The molecule has 1 rings (SSSR count). The first-order chi connectivity index (χ1) is 5.11. The van der Waals surface area contributed by atoms with Crippen LogP contribution in [0.1, 0.15) is 10.6 Å². The van der Waals surface area contributed by atoms with Crippen molar-refractivity contribution in [1.29, 1.82) is 0 Å². The molecule has 0 aliphatic rings. The van der Waals surface area contributed by atoms with Gasteiger partial charge in [0.25, 0.3) is 5.78 Å². The van der Waals surface area contributed by atoms with Crippen LogP contribution in [0.5, 0.6) is 0 Å². The Balaban J connectivity index is 2.85. The van der Waals surface area contributed by atoms with Crippen molar-refractivity contribution in [3.8, 4) is 0 Å². The van der Waals surface area contributed by atoms with Gasteiger partial charge in [-0.1, -0.05) is 0 Å². The SMILES string of the molecule is O=C(c1ccc(Br)o1)C(F)F. The number of ketones is 1. The number of carbonyl (C=O) groups is 1. The van der Waals surface area contributed by atoms with Crippen LogP contribution < -0.4 is 0 Å². The smallest absolute Gasteiger partial charge is 0.303 e. The van der Waals surface area contributed by atoms with Crippen LogP contribution in [-0.2, 0) is 0 Å². The molecular formula is C6H3BrF2O2. The van der Waals surface area contributed by atoms with E-state index in [9.17, 15) is 13.6 Å². The number of hydrogen-bond acceptors (Lipinski definition) is 2. The molecule has 0 saturated heterocycles. The van der Waals surface area contributed by atoms with Gasteiger partial charge in [0.2, 0.25) is 0 Å². The maximum absolute atomic E-state index is 11.7. The Morgan fingerprint density at radius 1 is 1.55 bits per heavy atom. The van der Waals surface area contributed by atoms with Gasteiger partial charge in [0.15, 0.2) is 10.4 Å². The van der Waals surface area contributed by atoms with Crippen molar-refractivity contribution < 1.29 is 18.0 Å². The lowest BCUT2D eigenvalue weighted by Crippen LogP contribution is -2.08. The van der Waals surface area contributed by atoms with Gasteiger partial charge in [-0.3, -0.25) is 4.79 Å². The molecule has 0 amide bonds. The lowest BCUT2D eigenvalue weighted by atomic mass is 10.3. The molecule has 5 heteroatoms. The average molecular weight is 225 g/mol. The van der Waals surface area contributed by atoms with Gasteiger partial charge in [-0.25, -0.2) is 8.78 Å². The van der Waals surface area contributed by atoms with Crippen LogP contribution >= 0.6 is 15.9 Å². The van der Waals surface area contributed by atoms with E-state index in [-0.39, 0.29) is 10.4 Å². The zero-order chi connectivity index (χ0) is 8.43. The van der Waals surface area contributed by atoms with Crippen LogP contribution in [0.2, 0.25) is 0 Å². The summed E-state index contributed by atoms with van der Waals surface area (Å²) in [4.78, 5) is 10.5. The van der Waals surface area contributed by atoms with Crippen molar-refractivity contribution in [3.05, 3.63) is 22.6 Å². The van der Waals surface area contributed by atoms with Gasteiger partial charge in [-0.05, 0) is 28.1 Å². The second-order valence-electron chi connectivity index (χ2n) is 1.77. The fourth-order valence-electron chi connectivity index (χ4n) is 0.554. The quantitative estimate of drug-likeness (QED) is 0.723. The Hall–Kier alpha value is -0.710. The highest BCUT2D eigenvalue weighted by molar-refractivity contribution is 9.10.